The molecule has 0 radical (unpaired) electrons. The van der Waals surface area contributed by atoms with Crippen molar-refractivity contribution in [3.05, 3.63) is 35.6 Å². The van der Waals surface area contributed by atoms with E-state index in [4.69, 9.17) is 0 Å². The SMILES string of the molecule is CCC(C(=O)N1CCC[C@H]1C(=O)NC1CCCCC1)c1ccc(F)cc1. The molecule has 4 nitrogen and oxygen atoms in total. The van der Waals surface area contributed by atoms with Crippen LogP contribution in [-0.4, -0.2) is 35.3 Å². The minimum absolute atomic E-state index is 0.00305. The van der Waals surface area contributed by atoms with Crippen molar-refractivity contribution >= 4 is 11.8 Å². The normalized spacial score (nSPS) is 22.2. The van der Waals surface area contributed by atoms with E-state index in [0.717, 1.165) is 31.2 Å². The number of rotatable bonds is 5. The number of hydrogen-bond donors (Lipinski definition) is 1. The number of likely N-dealkylation sites (tertiary alicyclic amines) is 1. The van der Waals surface area contributed by atoms with Crippen LogP contribution in [0.3, 0.4) is 0 Å². The smallest absolute Gasteiger partial charge is 0.243 e. The lowest BCUT2D eigenvalue weighted by Gasteiger charge is -2.30. The largest absolute Gasteiger partial charge is 0.352 e. The molecule has 1 unspecified atom stereocenters. The van der Waals surface area contributed by atoms with Gasteiger partial charge < -0.3 is 10.2 Å². The van der Waals surface area contributed by atoms with Crippen LogP contribution in [0, 0.1) is 5.82 Å². The molecule has 3 rings (SSSR count). The Bertz CT molecular complexity index is 625. The molecule has 5 heteroatoms. The van der Waals surface area contributed by atoms with Crippen molar-refractivity contribution in [1.29, 1.82) is 0 Å². The highest BCUT2D eigenvalue weighted by Crippen LogP contribution is 2.28. The summed E-state index contributed by atoms with van der Waals surface area (Å²) in [4.78, 5) is 27.6. The van der Waals surface area contributed by atoms with E-state index in [1.165, 1.54) is 31.4 Å². The first-order valence-electron chi connectivity index (χ1n) is 9.96. The van der Waals surface area contributed by atoms with E-state index in [2.05, 4.69) is 5.32 Å². The summed E-state index contributed by atoms with van der Waals surface area (Å²) in [5, 5.41) is 3.17. The lowest BCUT2D eigenvalue weighted by atomic mass is 9.94. The number of benzene rings is 1. The van der Waals surface area contributed by atoms with E-state index in [1.54, 1.807) is 17.0 Å². The molecule has 1 N–H and O–H groups in total. The van der Waals surface area contributed by atoms with Gasteiger partial charge in [-0.1, -0.05) is 38.3 Å². The molecule has 142 valence electrons. The maximum atomic E-state index is 13.2. The Labute approximate surface area is 155 Å². The summed E-state index contributed by atoms with van der Waals surface area (Å²) < 4.78 is 13.2. The molecule has 26 heavy (non-hydrogen) atoms. The molecule has 1 aromatic carbocycles. The maximum absolute atomic E-state index is 13.2. The highest BCUT2D eigenvalue weighted by molar-refractivity contribution is 5.91. The fraction of sp³-hybridized carbons (Fsp3) is 0.619. The summed E-state index contributed by atoms with van der Waals surface area (Å²) in [7, 11) is 0. The third-order valence-electron chi connectivity index (χ3n) is 5.77. The van der Waals surface area contributed by atoms with Crippen molar-refractivity contribution in [2.45, 2.75) is 76.3 Å². The second-order valence-electron chi connectivity index (χ2n) is 7.55. The number of nitrogens with zero attached hydrogens (tertiary/aromatic N) is 1. The van der Waals surface area contributed by atoms with Gasteiger partial charge in [-0.2, -0.15) is 0 Å². The van der Waals surface area contributed by atoms with Crippen molar-refractivity contribution in [2.24, 2.45) is 0 Å². The van der Waals surface area contributed by atoms with Crippen LogP contribution < -0.4 is 5.32 Å². The van der Waals surface area contributed by atoms with Gasteiger partial charge in [-0.25, -0.2) is 4.39 Å². The summed E-state index contributed by atoms with van der Waals surface area (Å²) in [5.41, 5.74) is 0.817. The molecule has 2 amide bonds. The Morgan fingerprint density at radius 1 is 1.12 bits per heavy atom. The van der Waals surface area contributed by atoms with E-state index in [0.29, 0.717) is 13.0 Å². The Morgan fingerprint density at radius 3 is 2.46 bits per heavy atom. The summed E-state index contributed by atoms with van der Waals surface area (Å²) in [6.45, 7) is 2.58. The van der Waals surface area contributed by atoms with Crippen LogP contribution in [0.15, 0.2) is 24.3 Å². The van der Waals surface area contributed by atoms with Crippen LogP contribution in [0.5, 0.6) is 0 Å². The monoisotopic (exact) mass is 360 g/mol. The topological polar surface area (TPSA) is 49.4 Å². The number of carbonyl (C=O) groups excluding carboxylic acids is 2. The molecule has 1 aliphatic heterocycles. The predicted molar refractivity (Wildman–Crippen MR) is 99.2 cm³/mol. The van der Waals surface area contributed by atoms with Crippen LogP contribution >= 0.6 is 0 Å². The van der Waals surface area contributed by atoms with Gasteiger partial charge in [0.25, 0.3) is 0 Å². The van der Waals surface area contributed by atoms with Gasteiger partial charge >= 0.3 is 0 Å². The van der Waals surface area contributed by atoms with E-state index in [9.17, 15) is 14.0 Å². The molecule has 1 saturated carbocycles. The van der Waals surface area contributed by atoms with Crippen molar-refractivity contribution in [3.63, 3.8) is 0 Å². The molecule has 1 heterocycles. The highest BCUT2D eigenvalue weighted by atomic mass is 19.1. The van der Waals surface area contributed by atoms with Gasteiger partial charge in [0.2, 0.25) is 11.8 Å². The first kappa shape index (κ1) is 18.9. The first-order chi connectivity index (χ1) is 12.6. The fourth-order valence-electron chi connectivity index (χ4n) is 4.30. The average molecular weight is 360 g/mol. The van der Waals surface area contributed by atoms with Crippen molar-refractivity contribution in [3.8, 4) is 0 Å². The Balaban J connectivity index is 1.68. The predicted octanol–water partition coefficient (Wildman–Crippen LogP) is 3.76. The number of nitrogens with one attached hydrogen (secondary N) is 1. The zero-order valence-corrected chi connectivity index (χ0v) is 15.5. The first-order valence-corrected chi connectivity index (χ1v) is 9.96. The van der Waals surface area contributed by atoms with Crippen molar-refractivity contribution < 1.29 is 14.0 Å². The zero-order chi connectivity index (χ0) is 18.5. The van der Waals surface area contributed by atoms with E-state index in [1.807, 2.05) is 6.92 Å². The third-order valence-corrected chi connectivity index (χ3v) is 5.77. The minimum atomic E-state index is -0.362. The fourth-order valence-corrected chi connectivity index (χ4v) is 4.30. The lowest BCUT2D eigenvalue weighted by molar-refractivity contribution is -0.140. The van der Waals surface area contributed by atoms with Gasteiger partial charge in [0, 0.05) is 12.6 Å². The number of carbonyl (C=O) groups is 2. The Kier molecular flexibility index (Phi) is 6.28. The number of hydrogen-bond acceptors (Lipinski definition) is 2. The molecule has 0 spiro atoms. The van der Waals surface area contributed by atoms with Crippen LogP contribution in [0.25, 0.3) is 0 Å². The van der Waals surface area contributed by atoms with Crippen molar-refractivity contribution in [2.75, 3.05) is 6.54 Å². The standard InChI is InChI=1S/C21H29FN2O2/c1-2-18(15-10-12-16(22)13-11-15)21(26)24-14-6-9-19(24)20(25)23-17-7-4-3-5-8-17/h10-13,17-19H,2-9,14H2,1H3,(H,23,25)/t18?,19-/m0/s1. The van der Waals surface area contributed by atoms with Gasteiger partial charge in [-0.05, 0) is 49.8 Å². The summed E-state index contributed by atoms with van der Waals surface area (Å²) in [6, 6.07) is 6.03. The van der Waals surface area contributed by atoms with E-state index in [-0.39, 0.29) is 35.6 Å². The second-order valence-corrected chi connectivity index (χ2v) is 7.55. The van der Waals surface area contributed by atoms with Gasteiger partial charge in [0.15, 0.2) is 0 Å². The molecular formula is C21H29FN2O2. The summed E-state index contributed by atoms with van der Waals surface area (Å²) >= 11 is 0. The second kappa shape index (κ2) is 8.65. The molecule has 0 bridgehead atoms. The molecule has 0 aromatic heterocycles. The molecule has 2 atom stereocenters. The number of amides is 2. The summed E-state index contributed by atoms with van der Waals surface area (Å²) in [5.74, 6) is -0.641. The quantitative estimate of drug-likeness (QED) is 0.869. The molecule has 2 fully saturated rings. The van der Waals surface area contributed by atoms with Crippen LogP contribution in [0.4, 0.5) is 4.39 Å². The van der Waals surface area contributed by atoms with Crippen LogP contribution in [0.1, 0.15) is 69.8 Å². The van der Waals surface area contributed by atoms with Crippen LogP contribution in [-0.2, 0) is 9.59 Å². The van der Waals surface area contributed by atoms with Gasteiger partial charge in [0.05, 0.1) is 5.92 Å². The average Bonchev–Trinajstić information content (AvgIpc) is 3.14. The molecule has 1 saturated heterocycles. The lowest BCUT2D eigenvalue weighted by Crippen LogP contribution is -2.50. The van der Waals surface area contributed by atoms with Crippen LogP contribution in [0.2, 0.25) is 0 Å². The molecular weight excluding hydrogens is 331 g/mol. The Hall–Kier alpha value is -1.91. The van der Waals surface area contributed by atoms with Gasteiger partial charge in [-0.3, -0.25) is 9.59 Å². The highest BCUT2D eigenvalue weighted by Gasteiger charge is 2.37. The van der Waals surface area contributed by atoms with Gasteiger partial charge in [-0.15, -0.1) is 0 Å². The van der Waals surface area contributed by atoms with E-state index >= 15 is 0 Å². The molecule has 1 aromatic rings. The zero-order valence-electron chi connectivity index (χ0n) is 15.5. The molecule has 1 aliphatic carbocycles. The van der Waals surface area contributed by atoms with E-state index < -0.39 is 0 Å². The minimum Gasteiger partial charge on any atom is -0.352 e. The Morgan fingerprint density at radius 2 is 1.81 bits per heavy atom. The molecule has 2 aliphatic rings. The number of halogens is 1. The maximum Gasteiger partial charge on any atom is 0.243 e. The van der Waals surface area contributed by atoms with Crippen molar-refractivity contribution in [1.82, 2.24) is 10.2 Å². The summed E-state index contributed by atoms with van der Waals surface area (Å²) in [6.07, 6.45) is 7.88. The van der Waals surface area contributed by atoms with Gasteiger partial charge in [0.1, 0.15) is 11.9 Å². The third kappa shape index (κ3) is 4.25.